The second-order valence-electron chi connectivity index (χ2n) is 6.86. The summed E-state index contributed by atoms with van der Waals surface area (Å²) in [6.45, 7) is -1.79. The van der Waals surface area contributed by atoms with Crippen molar-refractivity contribution in [1.82, 2.24) is 14.5 Å². The zero-order valence-electron chi connectivity index (χ0n) is 16.3. The zero-order valence-corrected chi connectivity index (χ0v) is 17.1. The number of urea groups is 1. The number of halogens is 2. The van der Waals surface area contributed by atoms with Gasteiger partial charge in [-0.15, -0.1) is 0 Å². The molecule has 1 aliphatic heterocycles. The Labute approximate surface area is 171 Å². The number of sulfonamides is 1. The first-order chi connectivity index (χ1) is 13.9. The summed E-state index contributed by atoms with van der Waals surface area (Å²) in [4.78, 5) is 26.2. The number of rotatable bonds is 7. The van der Waals surface area contributed by atoms with E-state index in [2.05, 4.69) is 10.1 Å². The lowest BCUT2D eigenvalue weighted by Gasteiger charge is -2.22. The summed E-state index contributed by atoms with van der Waals surface area (Å²) in [7, 11) is -1.11. The first-order valence-corrected chi connectivity index (χ1v) is 10.1. The Bertz CT molecular complexity index is 1070. The van der Waals surface area contributed by atoms with Gasteiger partial charge in [0, 0.05) is 14.1 Å². The lowest BCUT2D eigenvalue weighted by Crippen LogP contribution is -2.40. The molecule has 3 amide bonds. The molecule has 1 aliphatic rings. The Morgan fingerprint density at radius 3 is 2.37 bits per heavy atom. The van der Waals surface area contributed by atoms with Crippen LogP contribution in [0, 0.1) is 0 Å². The average Bonchev–Trinajstić information content (AvgIpc) is 3.22. The summed E-state index contributed by atoms with van der Waals surface area (Å²) in [6, 6.07) is 7.22. The molecule has 2 aromatic rings. The zero-order chi connectivity index (χ0) is 22.3. The molecule has 1 fully saturated rings. The maximum Gasteiger partial charge on any atom is 0.387 e. The molecule has 9 nitrogen and oxygen atoms in total. The number of ether oxygens (including phenoxy) is 1. The molecule has 12 heteroatoms. The van der Waals surface area contributed by atoms with Gasteiger partial charge >= 0.3 is 12.6 Å². The number of furan rings is 1. The van der Waals surface area contributed by atoms with Gasteiger partial charge in [-0.2, -0.15) is 8.78 Å². The topological polar surface area (TPSA) is 109 Å². The normalized spacial score (nSPS) is 19.6. The molecule has 30 heavy (non-hydrogen) atoms. The summed E-state index contributed by atoms with van der Waals surface area (Å²) in [5.74, 6) is -0.594. The highest BCUT2D eigenvalue weighted by Gasteiger charge is 2.49. The van der Waals surface area contributed by atoms with Gasteiger partial charge in [-0.25, -0.2) is 17.5 Å². The number of nitrogens with zero attached hydrogens (tertiary/aromatic N) is 2. The van der Waals surface area contributed by atoms with Gasteiger partial charge < -0.3 is 14.5 Å². The number of carbonyl (C=O) groups excluding carboxylic acids is 2. The van der Waals surface area contributed by atoms with Gasteiger partial charge in [0.25, 0.3) is 15.9 Å². The molecule has 2 heterocycles. The predicted octanol–water partition coefficient (Wildman–Crippen LogP) is 2.10. The van der Waals surface area contributed by atoms with Crippen LogP contribution < -0.4 is 10.1 Å². The molecule has 0 radical (unpaired) electrons. The van der Waals surface area contributed by atoms with Crippen molar-refractivity contribution in [2.45, 2.75) is 30.7 Å². The molecule has 1 aromatic heterocycles. The molecular formula is C18H19F2N3O6S. The van der Waals surface area contributed by atoms with E-state index in [0.717, 1.165) is 9.21 Å². The van der Waals surface area contributed by atoms with Crippen LogP contribution in [-0.2, 0) is 26.9 Å². The van der Waals surface area contributed by atoms with Crippen LogP contribution in [0.2, 0.25) is 0 Å². The third kappa shape index (κ3) is 3.87. The SMILES string of the molecule is CN(C)S(=O)(=O)c1ccc(CN2C(=O)N[C@@](C)(c3ccc(OC(F)F)cc3)C2=O)o1. The molecule has 0 unspecified atom stereocenters. The third-order valence-electron chi connectivity index (χ3n) is 4.62. The quantitative estimate of drug-likeness (QED) is 0.657. The highest BCUT2D eigenvalue weighted by atomic mass is 32.2. The standard InChI is InChI=1S/C18H19F2N3O6S/c1-18(11-4-6-12(7-5-11)29-16(19)20)15(24)23(17(25)21-18)10-13-8-9-14(28-13)30(26,27)22(2)3/h4-9,16H,10H2,1-3H3,(H,21,25)/t18-/m0/s1. The van der Waals surface area contributed by atoms with Gasteiger partial charge in [-0.1, -0.05) is 12.1 Å². The van der Waals surface area contributed by atoms with Gasteiger partial charge in [-0.05, 0) is 36.8 Å². The van der Waals surface area contributed by atoms with Gasteiger partial charge in [0.05, 0.1) is 6.54 Å². The first-order valence-electron chi connectivity index (χ1n) is 8.66. The lowest BCUT2D eigenvalue weighted by atomic mass is 9.92. The summed E-state index contributed by atoms with van der Waals surface area (Å²) in [5.41, 5.74) is -1.08. The van der Waals surface area contributed by atoms with Crippen molar-refractivity contribution in [1.29, 1.82) is 0 Å². The van der Waals surface area contributed by atoms with Crippen molar-refractivity contribution >= 4 is 22.0 Å². The second kappa shape index (κ2) is 7.69. The summed E-state index contributed by atoms with van der Waals surface area (Å²) < 4.78 is 59.4. The maximum atomic E-state index is 12.9. The Morgan fingerprint density at radius 1 is 1.17 bits per heavy atom. The molecule has 1 aromatic carbocycles. The summed E-state index contributed by atoms with van der Waals surface area (Å²) in [5, 5.41) is 2.25. The molecule has 0 aliphatic carbocycles. The molecule has 162 valence electrons. The number of alkyl halides is 2. The third-order valence-corrected chi connectivity index (χ3v) is 6.31. The van der Waals surface area contributed by atoms with Crippen molar-refractivity contribution in [2.24, 2.45) is 0 Å². The molecule has 1 N–H and O–H groups in total. The Hall–Kier alpha value is -2.99. The van der Waals surface area contributed by atoms with E-state index in [-0.39, 0.29) is 23.1 Å². The van der Waals surface area contributed by atoms with Crippen LogP contribution in [0.4, 0.5) is 13.6 Å². The summed E-state index contributed by atoms with van der Waals surface area (Å²) in [6.07, 6.45) is 0. The predicted molar refractivity (Wildman–Crippen MR) is 99.1 cm³/mol. The van der Waals surface area contributed by atoms with E-state index in [9.17, 15) is 26.8 Å². The van der Waals surface area contributed by atoms with Gasteiger partial charge in [0.2, 0.25) is 5.09 Å². The molecule has 0 saturated carbocycles. The van der Waals surface area contributed by atoms with E-state index < -0.39 is 34.1 Å². The number of carbonyl (C=O) groups is 2. The van der Waals surface area contributed by atoms with Gasteiger partial charge in [-0.3, -0.25) is 9.69 Å². The second-order valence-corrected chi connectivity index (χ2v) is 8.94. The largest absolute Gasteiger partial charge is 0.446 e. The molecule has 0 bridgehead atoms. The van der Waals surface area contributed by atoms with Crippen molar-refractivity contribution in [3.05, 3.63) is 47.7 Å². The van der Waals surface area contributed by atoms with Crippen LogP contribution in [-0.4, -0.2) is 50.3 Å². The fourth-order valence-corrected chi connectivity index (χ4v) is 3.74. The fourth-order valence-electron chi connectivity index (χ4n) is 2.92. The fraction of sp³-hybridized carbons (Fsp3) is 0.333. The Morgan fingerprint density at radius 2 is 1.80 bits per heavy atom. The molecule has 1 saturated heterocycles. The van der Waals surface area contributed by atoms with Crippen molar-refractivity contribution < 1.29 is 35.9 Å². The lowest BCUT2D eigenvalue weighted by molar-refractivity contribution is -0.131. The number of nitrogens with one attached hydrogen (secondary N) is 1. The van der Waals surface area contributed by atoms with Crippen LogP contribution in [0.5, 0.6) is 5.75 Å². The van der Waals surface area contributed by atoms with Crippen molar-refractivity contribution in [3.8, 4) is 5.75 Å². The van der Waals surface area contributed by atoms with Crippen molar-refractivity contribution in [2.75, 3.05) is 14.1 Å². The van der Waals surface area contributed by atoms with E-state index >= 15 is 0 Å². The first kappa shape index (κ1) is 21.7. The van der Waals surface area contributed by atoms with Crippen LogP contribution >= 0.6 is 0 Å². The van der Waals surface area contributed by atoms with E-state index in [0.29, 0.717) is 5.56 Å². The van der Waals surface area contributed by atoms with Crippen LogP contribution in [0.15, 0.2) is 45.9 Å². The average molecular weight is 443 g/mol. The highest BCUT2D eigenvalue weighted by Crippen LogP contribution is 2.31. The summed E-state index contributed by atoms with van der Waals surface area (Å²) >= 11 is 0. The molecule has 0 spiro atoms. The van der Waals surface area contributed by atoms with Crippen LogP contribution in [0.3, 0.4) is 0 Å². The van der Waals surface area contributed by atoms with E-state index in [4.69, 9.17) is 4.42 Å². The van der Waals surface area contributed by atoms with E-state index in [1.807, 2.05) is 0 Å². The number of amides is 3. The minimum absolute atomic E-state index is 0.0869. The van der Waals surface area contributed by atoms with Gasteiger partial charge in [0.1, 0.15) is 17.0 Å². The molecule has 1 atom stereocenters. The van der Waals surface area contributed by atoms with E-state index in [1.165, 1.54) is 57.4 Å². The monoisotopic (exact) mass is 443 g/mol. The van der Waals surface area contributed by atoms with Crippen molar-refractivity contribution in [3.63, 3.8) is 0 Å². The minimum Gasteiger partial charge on any atom is -0.446 e. The Kier molecular flexibility index (Phi) is 5.56. The number of hydrogen-bond donors (Lipinski definition) is 1. The van der Waals surface area contributed by atoms with Crippen LogP contribution in [0.1, 0.15) is 18.2 Å². The molecular weight excluding hydrogens is 424 g/mol. The maximum absolute atomic E-state index is 12.9. The molecule has 3 rings (SSSR count). The number of imide groups is 1. The Balaban J connectivity index is 1.80. The number of benzene rings is 1. The van der Waals surface area contributed by atoms with Gasteiger partial charge in [0.15, 0.2) is 0 Å². The smallest absolute Gasteiger partial charge is 0.387 e. The number of hydrogen-bond acceptors (Lipinski definition) is 6. The minimum atomic E-state index is -3.80. The highest BCUT2D eigenvalue weighted by molar-refractivity contribution is 7.88. The van der Waals surface area contributed by atoms with Crippen LogP contribution in [0.25, 0.3) is 0 Å². The van der Waals surface area contributed by atoms with E-state index in [1.54, 1.807) is 0 Å².